The highest BCUT2D eigenvalue weighted by molar-refractivity contribution is 5.94. The van der Waals surface area contributed by atoms with Crippen molar-refractivity contribution in [1.29, 1.82) is 0 Å². The molecule has 0 bridgehead atoms. The van der Waals surface area contributed by atoms with Crippen molar-refractivity contribution >= 4 is 29.6 Å². The van der Waals surface area contributed by atoms with Gasteiger partial charge in [-0.3, -0.25) is 24.0 Å². The van der Waals surface area contributed by atoms with Gasteiger partial charge in [0, 0.05) is 6.42 Å². The van der Waals surface area contributed by atoms with Crippen LogP contribution in [-0.4, -0.2) is 71.1 Å². The van der Waals surface area contributed by atoms with Gasteiger partial charge in [0.1, 0.15) is 18.6 Å². The lowest BCUT2D eigenvalue weighted by Gasteiger charge is -2.23. The Labute approximate surface area is 172 Å². The van der Waals surface area contributed by atoms with Crippen LogP contribution in [0.5, 0.6) is 0 Å². The number of benzene rings is 1. The molecule has 1 rings (SSSR count). The molecule has 3 atom stereocenters. The van der Waals surface area contributed by atoms with Crippen molar-refractivity contribution in [3.05, 3.63) is 35.9 Å². The average Bonchev–Trinajstić information content (AvgIpc) is 2.69. The molecular weight excluding hydrogens is 398 g/mol. The van der Waals surface area contributed by atoms with Gasteiger partial charge in [0.05, 0.1) is 19.1 Å². The second-order valence-corrected chi connectivity index (χ2v) is 6.38. The molecule has 1 aromatic carbocycles. The largest absolute Gasteiger partial charge is 0.480 e. The first kappa shape index (κ1) is 24.5. The number of aliphatic hydroxyl groups excluding tert-OH is 1. The van der Waals surface area contributed by atoms with Crippen molar-refractivity contribution in [2.24, 2.45) is 11.5 Å². The minimum absolute atomic E-state index is 0.0331. The maximum atomic E-state index is 12.5. The number of carboxylic acids is 1. The van der Waals surface area contributed by atoms with Crippen LogP contribution in [-0.2, 0) is 30.4 Å². The van der Waals surface area contributed by atoms with E-state index in [2.05, 4.69) is 16.0 Å². The summed E-state index contributed by atoms with van der Waals surface area (Å²) in [7, 11) is 0. The van der Waals surface area contributed by atoms with E-state index < -0.39 is 67.3 Å². The van der Waals surface area contributed by atoms with Crippen LogP contribution in [0, 0.1) is 0 Å². The van der Waals surface area contributed by atoms with Gasteiger partial charge in [0.2, 0.25) is 23.6 Å². The quantitative estimate of drug-likeness (QED) is 0.179. The van der Waals surface area contributed by atoms with E-state index >= 15 is 0 Å². The predicted molar refractivity (Wildman–Crippen MR) is 104 cm³/mol. The standard InChI is InChI=1S/C18H25N5O7/c19-11(7-14(20)25)16(28)23-13(9-24)18(30)22-12(17(29)21-8-15(26)27)6-10-4-2-1-3-5-10/h1-5,11-13,24H,6-9,19H2,(H2,20,25)(H,21,29)(H,22,30)(H,23,28)(H,26,27). The number of nitrogens with two attached hydrogens (primary N) is 2. The summed E-state index contributed by atoms with van der Waals surface area (Å²) in [6.07, 6.45) is -0.425. The Morgan fingerprint density at radius 3 is 2.07 bits per heavy atom. The molecular formula is C18H25N5O7. The van der Waals surface area contributed by atoms with Crippen LogP contribution < -0.4 is 27.4 Å². The van der Waals surface area contributed by atoms with Crippen LogP contribution in [0.1, 0.15) is 12.0 Å². The van der Waals surface area contributed by atoms with Gasteiger partial charge in [-0.15, -0.1) is 0 Å². The molecule has 0 radical (unpaired) electrons. The molecule has 0 fully saturated rings. The third-order valence-electron chi connectivity index (χ3n) is 3.90. The Balaban J connectivity index is 2.86. The number of carbonyl (C=O) groups is 5. The number of amides is 4. The zero-order valence-electron chi connectivity index (χ0n) is 16.0. The molecule has 12 nitrogen and oxygen atoms in total. The highest BCUT2D eigenvalue weighted by atomic mass is 16.4. The van der Waals surface area contributed by atoms with E-state index in [1.54, 1.807) is 30.3 Å². The molecule has 164 valence electrons. The van der Waals surface area contributed by atoms with Crippen molar-refractivity contribution < 1.29 is 34.2 Å². The molecule has 0 heterocycles. The van der Waals surface area contributed by atoms with Gasteiger partial charge < -0.3 is 37.6 Å². The maximum absolute atomic E-state index is 12.5. The number of primary amides is 1. The zero-order chi connectivity index (χ0) is 22.7. The fourth-order valence-corrected chi connectivity index (χ4v) is 2.40. The van der Waals surface area contributed by atoms with Gasteiger partial charge in [-0.2, -0.15) is 0 Å². The SMILES string of the molecule is NC(=O)CC(N)C(=O)NC(CO)C(=O)NC(Cc1ccccc1)C(=O)NCC(=O)O. The number of hydrogen-bond acceptors (Lipinski definition) is 7. The first-order chi connectivity index (χ1) is 14.1. The van der Waals surface area contributed by atoms with E-state index in [0.29, 0.717) is 5.56 Å². The van der Waals surface area contributed by atoms with Crippen molar-refractivity contribution in [2.45, 2.75) is 31.0 Å². The van der Waals surface area contributed by atoms with Gasteiger partial charge in [-0.25, -0.2) is 0 Å². The molecule has 0 aromatic heterocycles. The van der Waals surface area contributed by atoms with Crippen LogP contribution in [0.25, 0.3) is 0 Å². The molecule has 1 aromatic rings. The molecule has 0 aliphatic carbocycles. The van der Waals surface area contributed by atoms with Gasteiger partial charge in [-0.05, 0) is 5.56 Å². The smallest absolute Gasteiger partial charge is 0.322 e. The topological polar surface area (TPSA) is 214 Å². The zero-order valence-corrected chi connectivity index (χ0v) is 16.0. The minimum atomic E-state index is -1.46. The van der Waals surface area contributed by atoms with E-state index in [0.717, 1.165) is 0 Å². The number of aliphatic carboxylic acids is 1. The van der Waals surface area contributed by atoms with Gasteiger partial charge >= 0.3 is 5.97 Å². The Bertz CT molecular complexity index is 771. The molecule has 4 amide bonds. The Morgan fingerprint density at radius 1 is 0.933 bits per heavy atom. The Kier molecular flexibility index (Phi) is 9.92. The van der Waals surface area contributed by atoms with Crippen molar-refractivity contribution in [2.75, 3.05) is 13.2 Å². The summed E-state index contributed by atoms with van der Waals surface area (Å²) in [5.41, 5.74) is 11.1. The predicted octanol–water partition coefficient (Wildman–Crippen LogP) is -3.41. The van der Waals surface area contributed by atoms with E-state index in [9.17, 15) is 29.1 Å². The lowest BCUT2D eigenvalue weighted by molar-refractivity contribution is -0.138. The second kappa shape index (κ2) is 12.1. The average molecular weight is 423 g/mol. The van der Waals surface area contributed by atoms with Crippen molar-refractivity contribution in [3.63, 3.8) is 0 Å². The van der Waals surface area contributed by atoms with Crippen LogP contribution in [0.2, 0.25) is 0 Å². The lowest BCUT2D eigenvalue weighted by atomic mass is 10.0. The molecule has 12 heteroatoms. The first-order valence-electron chi connectivity index (χ1n) is 8.93. The van der Waals surface area contributed by atoms with Crippen molar-refractivity contribution in [3.8, 4) is 0 Å². The number of aliphatic hydroxyl groups is 1. The lowest BCUT2D eigenvalue weighted by Crippen LogP contribution is -2.57. The summed E-state index contributed by atoms with van der Waals surface area (Å²) in [6, 6.07) is 4.67. The van der Waals surface area contributed by atoms with E-state index in [-0.39, 0.29) is 6.42 Å². The number of nitrogens with one attached hydrogen (secondary N) is 3. The number of carboxylic acid groups (broad SMARTS) is 1. The van der Waals surface area contributed by atoms with Gasteiger partial charge in [-0.1, -0.05) is 30.3 Å². The fraction of sp³-hybridized carbons (Fsp3) is 0.389. The molecule has 3 unspecified atom stereocenters. The third-order valence-corrected chi connectivity index (χ3v) is 3.90. The summed E-state index contributed by atoms with van der Waals surface area (Å²) in [6.45, 7) is -1.46. The van der Waals surface area contributed by atoms with E-state index in [4.69, 9.17) is 16.6 Å². The number of rotatable bonds is 12. The molecule has 0 aliphatic heterocycles. The summed E-state index contributed by atoms with van der Waals surface area (Å²) in [4.78, 5) is 58.3. The summed E-state index contributed by atoms with van der Waals surface area (Å²) >= 11 is 0. The van der Waals surface area contributed by atoms with E-state index in [1.807, 2.05) is 0 Å². The molecule has 0 spiro atoms. The van der Waals surface area contributed by atoms with Crippen LogP contribution in [0.3, 0.4) is 0 Å². The van der Waals surface area contributed by atoms with Gasteiger partial charge in [0.15, 0.2) is 0 Å². The summed E-state index contributed by atoms with van der Waals surface area (Å²) in [5, 5.41) is 24.9. The Hall–Kier alpha value is -3.51. The number of hydrogen-bond donors (Lipinski definition) is 7. The summed E-state index contributed by atoms with van der Waals surface area (Å²) < 4.78 is 0. The molecule has 0 aliphatic rings. The fourth-order valence-electron chi connectivity index (χ4n) is 2.40. The first-order valence-corrected chi connectivity index (χ1v) is 8.93. The molecule has 9 N–H and O–H groups in total. The maximum Gasteiger partial charge on any atom is 0.322 e. The van der Waals surface area contributed by atoms with Crippen molar-refractivity contribution in [1.82, 2.24) is 16.0 Å². The van der Waals surface area contributed by atoms with Crippen LogP contribution in [0.15, 0.2) is 30.3 Å². The van der Waals surface area contributed by atoms with E-state index in [1.165, 1.54) is 0 Å². The van der Waals surface area contributed by atoms with Gasteiger partial charge in [0.25, 0.3) is 0 Å². The summed E-state index contributed by atoms with van der Waals surface area (Å²) in [5.74, 6) is -4.64. The second-order valence-electron chi connectivity index (χ2n) is 6.38. The minimum Gasteiger partial charge on any atom is -0.480 e. The highest BCUT2D eigenvalue weighted by Gasteiger charge is 2.28. The Morgan fingerprint density at radius 2 is 1.53 bits per heavy atom. The normalized spacial score (nSPS) is 13.4. The third kappa shape index (κ3) is 8.67. The molecule has 30 heavy (non-hydrogen) atoms. The highest BCUT2D eigenvalue weighted by Crippen LogP contribution is 2.04. The molecule has 0 saturated heterocycles. The van der Waals surface area contributed by atoms with Crippen LogP contribution in [0.4, 0.5) is 0 Å². The van der Waals surface area contributed by atoms with Crippen LogP contribution >= 0.6 is 0 Å². The molecule has 0 saturated carbocycles. The monoisotopic (exact) mass is 423 g/mol. The number of carbonyl (C=O) groups excluding carboxylic acids is 4.